The Balaban J connectivity index is 1.56. The molecule has 0 unspecified atom stereocenters. The van der Waals surface area contributed by atoms with Crippen LogP contribution in [-0.2, 0) is 6.54 Å². The van der Waals surface area contributed by atoms with Crippen LogP contribution >= 0.6 is 15.9 Å². The molecule has 1 aliphatic rings. The van der Waals surface area contributed by atoms with E-state index in [1.54, 1.807) is 0 Å². The molecule has 1 N–H and O–H groups in total. The molecule has 36 heavy (non-hydrogen) atoms. The Morgan fingerprint density at radius 2 is 1.39 bits per heavy atom. The second kappa shape index (κ2) is 9.96. The van der Waals surface area contributed by atoms with Crippen LogP contribution in [0.5, 0.6) is 0 Å². The molecule has 0 aliphatic carbocycles. The zero-order valence-corrected chi connectivity index (χ0v) is 21.3. The van der Waals surface area contributed by atoms with Crippen molar-refractivity contribution < 1.29 is 0 Å². The molecule has 0 saturated heterocycles. The van der Waals surface area contributed by atoms with Gasteiger partial charge in [0.2, 0.25) is 0 Å². The zero-order valence-electron chi connectivity index (χ0n) is 19.7. The number of nitrogens with one attached hydrogen (secondary N) is 1. The van der Waals surface area contributed by atoms with Crippen molar-refractivity contribution in [1.29, 1.82) is 0 Å². The quantitative estimate of drug-likeness (QED) is 0.248. The van der Waals surface area contributed by atoms with Crippen LogP contribution in [0.4, 0.5) is 11.5 Å². The van der Waals surface area contributed by atoms with Crippen LogP contribution < -0.4 is 4.90 Å². The van der Waals surface area contributed by atoms with Crippen LogP contribution in [-0.4, -0.2) is 15.9 Å². The first-order valence-corrected chi connectivity index (χ1v) is 12.9. The molecule has 0 spiro atoms. The lowest BCUT2D eigenvalue weighted by atomic mass is 9.96. The smallest absolute Gasteiger partial charge is 0.177 e. The Bertz CT molecular complexity index is 1480. The summed E-state index contributed by atoms with van der Waals surface area (Å²) in [5.41, 5.74) is 7.54. The summed E-state index contributed by atoms with van der Waals surface area (Å²) < 4.78 is 1.06. The number of anilines is 1. The van der Waals surface area contributed by atoms with E-state index in [0.717, 1.165) is 51.5 Å². The molecular formula is C31H25BrN4. The van der Waals surface area contributed by atoms with Gasteiger partial charge >= 0.3 is 0 Å². The highest BCUT2D eigenvalue weighted by atomic mass is 79.9. The lowest BCUT2D eigenvalue weighted by Gasteiger charge is -2.31. The average molecular weight is 533 g/mol. The third-order valence-corrected chi connectivity index (χ3v) is 7.15. The molecule has 4 nitrogen and oxygen atoms in total. The minimum Gasteiger partial charge on any atom is -0.342 e. The average Bonchev–Trinajstić information content (AvgIpc) is 3.28. The Labute approximate surface area is 219 Å². The molecule has 1 atom stereocenters. The number of aromatic nitrogens is 2. The maximum atomic E-state index is 5.31. The van der Waals surface area contributed by atoms with Gasteiger partial charge in [-0.15, -0.1) is 0 Å². The van der Waals surface area contributed by atoms with E-state index in [1.165, 1.54) is 11.1 Å². The van der Waals surface area contributed by atoms with Gasteiger partial charge in [-0.2, -0.15) is 5.10 Å². The number of nitrogens with zero attached hydrogens (tertiary/aromatic N) is 3. The Kier molecular flexibility index (Phi) is 6.22. The maximum absolute atomic E-state index is 5.31. The molecule has 176 valence electrons. The van der Waals surface area contributed by atoms with Crippen molar-refractivity contribution in [2.75, 3.05) is 4.90 Å². The van der Waals surface area contributed by atoms with Gasteiger partial charge in [0.1, 0.15) is 5.69 Å². The summed E-state index contributed by atoms with van der Waals surface area (Å²) >= 11 is 3.58. The third-order valence-electron chi connectivity index (χ3n) is 6.62. The van der Waals surface area contributed by atoms with Crippen molar-refractivity contribution in [3.05, 3.63) is 136 Å². The molecule has 0 amide bonds. The van der Waals surface area contributed by atoms with Gasteiger partial charge in [0.25, 0.3) is 0 Å². The van der Waals surface area contributed by atoms with Crippen LogP contribution in [0.2, 0.25) is 0 Å². The Hall–Kier alpha value is -3.96. The van der Waals surface area contributed by atoms with Gasteiger partial charge in [0, 0.05) is 23.0 Å². The second-order valence-electron chi connectivity index (χ2n) is 8.95. The number of hydrogen-bond acceptors (Lipinski definition) is 3. The summed E-state index contributed by atoms with van der Waals surface area (Å²) in [4.78, 5) is 7.71. The first kappa shape index (κ1) is 22.5. The highest BCUT2D eigenvalue weighted by Gasteiger charge is 2.32. The number of aliphatic imine (C=N–C) groups is 1. The van der Waals surface area contributed by atoms with Crippen molar-refractivity contribution in [2.45, 2.75) is 19.0 Å². The van der Waals surface area contributed by atoms with Gasteiger partial charge in [0.05, 0.1) is 17.4 Å². The number of rotatable bonds is 5. The van der Waals surface area contributed by atoms with E-state index in [0.29, 0.717) is 0 Å². The minimum absolute atomic E-state index is 0.0713. The van der Waals surface area contributed by atoms with E-state index >= 15 is 0 Å². The predicted octanol–water partition coefficient (Wildman–Crippen LogP) is 8.11. The topological polar surface area (TPSA) is 44.3 Å². The van der Waals surface area contributed by atoms with Crippen molar-refractivity contribution in [1.82, 2.24) is 10.2 Å². The monoisotopic (exact) mass is 532 g/mol. The van der Waals surface area contributed by atoms with Crippen LogP contribution in [0, 0.1) is 0 Å². The summed E-state index contributed by atoms with van der Waals surface area (Å²) in [7, 11) is 0. The molecule has 4 aromatic carbocycles. The molecule has 0 fully saturated rings. The van der Waals surface area contributed by atoms with Gasteiger partial charge in [-0.1, -0.05) is 119 Å². The largest absolute Gasteiger partial charge is 0.342 e. The zero-order chi connectivity index (χ0) is 24.3. The van der Waals surface area contributed by atoms with E-state index in [1.807, 2.05) is 18.2 Å². The van der Waals surface area contributed by atoms with E-state index in [9.17, 15) is 0 Å². The van der Waals surface area contributed by atoms with Crippen LogP contribution in [0.25, 0.3) is 11.3 Å². The summed E-state index contributed by atoms with van der Waals surface area (Å²) in [5, 5.41) is 8.20. The maximum Gasteiger partial charge on any atom is 0.177 e. The third kappa shape index (κ3) is 4.50. The van der Waals surface area contributed by atoms with Crippen molar-refractivity contribution in [3.63, 3.8) is 0 Å². The fourth-order valence-electron chi connectivity index (χ4n) is 4.82. The lowest BCUT2D eigenvalue weighted by Crippen LogP contribution is -2.29. The Morgan fingerprint density at radius 3 is 2.08 bits per heavy atom. The van der Waals surface area contributed by atoms with Gasteiger partial charge in [-0.25, -0.2) is 4.99 Å². The standard InChI is InChI=1S/C31H25BrN4/c32-26-18-16-23(17-19-26)27-20-28(24-12-6-2-7-13-24)36(21-22-10-4-1-5-11-22)31-30(33-27)29(34-35-31)25-14-8-3-9-15-25/h1-19,28H,20-21H2,(H,34,35)/t28-/m0/s1. The number of aromatic amines is 1. The molecule has 2 heterocycles. The number of benzene rings is 4. The minimum atomic E-state index is 0.0713. The fraction of sp³-hybridized carbons (Fsp3) is 0.0968. The molecule has 0 bridgehead atoms. The van der Waals surface area contributed by atoms with E-state index in [4.69, 9.17) is 10.1 Å². The van der Waals surface area contributed by atoms with Gasteiger partial charge in [0.15, 0.2) is 5.82 Å². The van der Waals surface area contributed by atoms with Crippen molar-refractivity contribution >= 4 is 33.1 Å². The molecule has 6 rings (SSSR count). The SMILES string of the molecule is Brc1ccc(C2=Nc3c(n[nH]c3-c3ccccc3)N(Cc3ccccc3)[C@H](c3ccccc3)C2)cc1. The molecule has 5 heteroatoms. The number of hydrogen-bond donors (Lipinski definition) is 1. The van der Waals surface area contributed by atoms with Gasteiger partial charge < -0.3 is 4.90 Å². The molecule has 1 aliphatic heterocycles. The highest BCUT2D eigenvalue weighted by molar-refractivity contribution is 9.10. The number of fused-ring (bicyclic) bond motifs is 1. The second-order valence-corrected chi connectivity index (χ2v) is 9.86. The highest BCUT2D eigenvalue weighted by Crippen LogP contribution is 2.44. The van der Waals surface area contributed by atoms with E-state index < -0.39 is 0 Å². The molecular weight excluding hydrogens is 508 g/mol. The lowest BCUT2D eigenvalue weighted by molar-refractivity contribution is 0.633. The summed E-state index contributed by atoms with van der Waals surface area (Å²) in [6.45, 7) is 0.732. The van der Waals surface area contributed by atoms with Gasteiger partial charge in [-0.3, -0.25) is 5.10 Å². The number of H-pyrrole nitrogens is 1. The summed E-state index contributed by atoms with van der Waals surface area (Å²) in [5.74, 6) is 0.874. The van der Waals surface area contributed by atoms with Crippen molar-refractivity contribution in [2.24, 2.45) is 4.99 Å². The fourth-order valence-corrected chi connectivity index (χ4v) is 5.09. The molecule has 0 radical (unpaired) electrons. The van der Waals surface area contributed by atoms with Crippen molar-refractivity contribution in [3.8, 4) is 11.3 Å². The summed E-state index contributed by atoms with van der Waals surface area (Å²) in [6.07, 6.45) is 0.767. The molecule has 5 aromatic rings. The molecule has 1 aromatic heterocycles. The van der Waals surface area contributed by atoms with Crippen LogP contribution in [0.1, 0.15) is 29.2 Å². The first-order valence-electron chi connectivity index (χ1n) is 12.1. The summed E-state index contributed by atoms with van der Waals surface area (Å²) in [6, 6.07) is 40.1. The normalized spacial score (nSPS) is 15.2. The van der Waals surface area contributed by atoms with Crippen LogP contribution in [0.15, 0.2) is 125 Å². The first-order chi connectivity index (χ1) is 17.8. The van der Waals surface area contributed by atoms with E-state index in [-0.39, 0.29) is 6.04 Å². The number of halogens is 1. The van der Waals surface area contributed by atoms with Gasteiger partial charge in [-0.05, 0) is 28.8 Å². The van der Waals surface area contributed by atoms with E-state index in [2.05, 4.69) is 123 Å². The Morgan fingerprint density at radius 1 is 0.750 bits per heavy atom. The van der Waals surface area contributed by atoms with Crippen LogP contribution in [0.3, 0.4) is 0 Å². The predicted molar refractivity (Wildman–Crippen MR) is 151 cm³/mol. The molecule has 0 saturated carbocycles.